The summed E-state index contributed by atoms with van der Waals surface area (Å²) in [6, 6.07) is 2.24. The zero-order valence-electron chi connectivity index (χ0n) is 17.9. The van der Waals surface area contributed by atoms with Gasteiger partial charge in [-0.1, -0.05) is 6.92 Å². The van der Waals surface area contributed by atoms with Gasteiger partial charge in [-0.3, -0.25) is 9.82 Å². The first-order valence-corrected chi connectivity index (χ1v) is 11.9. The number of nitrogens with one attached hydrogen (secondary N) is 2. The van der Waals surface area contributed by atoms with Crippen molar-refractivity contribution in [2.24, 2.45) is 0 Å². The zero-order valence-corrected chi connectivity index (χ0v) is 18.8. The summed E-state index contributed by atoms with van der Waals surface area (Å²) in [5.74, 6) is -6.97. The molecule has 2 atom stereocenters. The van der Waals surface area contributed by atoms with E-state index in [4.69, 9.17) is 4.74 Å². The fourth-order valence-electron chi connectivity index (χ4n) is 4.30. The van der Waals surface area contributed by atoms with Crippen LogP contribution in [0.5, 0.6) is 5.75 Å². The first-order valence-electron chi connectivity index (χ1n) is 10.4. The maximum Gasteiger partial charge on any atom is 0.266 e. The molecule has 0 radical (unpaired) electrons. The molecule has 1 aliphatic rings. The van der Waals surface area contributed by atoms with Crippen LogP contribution in [0.3, 0.4) is 0 Å². The highest BCUT2D eigenvalue weighted by molar-refractivity contribution is 7.92. The van der Waals surface area contributed by atoms with Crippen LogP contribution < -0.4 is 9.46 Å². The van der Waals surface area contributed by atoms with Crippen molar-refractivity contribution in [3.05, 3.63) is 60.3 Å². The van der Waals surface area contributed by atoms with Crippen molar-refractivity contribution in [2.75, 3.05) is 4.72 Å². The zero-order chi connectivity index (χ0) is 24.6. The lowest BCUT2D eigenvalue weighted by Gasteiger charge is -2.46. The quantitative estimate of drug-likeness (QED) is 0.466. The van der Waals surface area contributed by atoms with Crippen LogP contribution >= 0.6 is 0 Å². The predicted molar refractivity (Wildman–Crippen MR) is 113 cm³/mol. The molecule has 0 amide bonds. The van der Waals surface area contributed by atoms with Gasteiger partial charge in [0.25, 0.3) is 15.9 Å². The monoisotopic (exact) mass is 499 g/mol. The van der Waals surface area contributed by atoms with Crippen LogP contribution in [0, 0.1) is 11.6 Å². The molecule has 1 aliphatic carbocycles. The number of benzene rings is 1. The number of aromatic amines is 1. The summed E-state index contributed by atoms with van der Waals surface area (Å²) < 4.78 is 91.7. The molecule has 0 saturated heterocycles. The van der Waals surface area contributed by atoms with Gasteiger partial charge in [-0.15, -0.1) is 0 Å². The van der Waals surface area contributed by atoms with E-state index in [2.05, 4.69) is 20.2 Å². The van der Waals surface area contributed by atoms with Crippen LogP contribution in [-0.2, 0) is 10.0 Å². The maximum atomic E-state index is 15.0. The van der Waals surface area contributed by atoms with E-state index in [1.54, 1.807) is 13.1 Å². The number of hydrogen-bond acceptors (Lipinski definition) is 6. The predicted octanol–water partition coefficient (Wildman–Crippen LogP) is 4.41. The number of anilines is 1. The number of nitrogens with zero attached hydrogens (tertiary/aromatic N) is 3. The second-order valence-corrected chi connectivity index (χ2v) is 9.74. The number of sulfonamides is 1. The highest BCUT2D eigenvalue weighted by atomic mass is 32.2. The molecule has 2 heterocycles. The van der Waals surface area contributed by atoms with Gasteiger partial charge < -0.3 is 4.74 Å². The van der Waals surface area contributed by atoms with Crippen molar-refractivity contribution in [2.45, 2.75) is 54.9 Å². The molecule has 2 N–H and O–H groups in total. The number of hydrogen-bond donors (Lipinski definition) is 2. The average Bonchev–Trinajstić information content (AvgIpc) is 3.30. The van der Waals surface area contributed by atoms with E-state index in [-0.39, 0.29) is 18.7 Å². The topological polar surface area (TPSA) is 110 Å². The molecule has 1 aromatic carbocycles. The van der Waals surface area contributed by atoms with Gasteiger partial charge in [-0.25, -0.2) is 35.9 Å². The molecule has 8 nitrogen and oxygen atoms in total. The van der Waals surface area contributed by atoms with Gasteiger partial charge in [0, 0.05) is 36.9 Å². The lowest BCUT2D eigenvalue weighted by atomic mass is 9.69. The number of halogens is 4. The number of ether oxygens (including phenoxy) is 1. The second kappa shape index (κ2) is 8.85. The van der Waals surface area contributed by atoms with E-state index in [9.17, 15) is 21.6 Å². The Morgan fingerprint density at radius 1 is 1.26 bits per heavy atom. The Hall–Kier alpha value is -3.22. The van der Waals surface area contributed by atoms with Gasteiger partial charge in [0.05, 0.1) is 12.6 Å². The summed E-state index contributed by atoms with van der Waals surface area (Å²) in [5.41, 5.74) is -0.968. The molecular weight excluding hydrogens is 478 g/mol. The number of H-pyrrole nitrogens is 1. The van der Waals surface area contributed by atoms with E-state index in [0.29, 0.717) is 17.7 Å². The summed E-state index contributed by atoms with van der Waals surface area (Å²) in [6.07, 6.45) is 4.36. The van der Waals surface area contributed by atoms with Crippen LogP contribution in [0.15, 0.2) is 48.0 Å². The summed E-state index contributed by atoms with van der Waals surface area (Å²) in [5, 5.41) is 6.49. The molecule has 0 unspecified atom stereocenters. The molecule has 1 fully saturated rings. The smallest absolute Gasteiger partial charge is 0.266 e. The van der Waals surface area contributed by atoms with E-state index in [0.717, 1.165) is 6.33 Å². The second-order valence-electron chi connectivity index (χ2n) is 8.09. The van der Waals surface area contributed by atoms with Gasteiger partial charge in [-0.05, 0) is 24.5 Å². The standard InChI is InChI=1S/C21H21F4N5O3S/c1-2-20(11-21(24,25)5-3-14(20)13-9-28-29-10-13)33-17-7-16(23)18(8-15(17)22)34(31,32)30-19-4-6-26-12-27-19/h4,6-10,12,14H,2-3,5,11H2,1H3,(H,28,29)(H,26,27,30)/t14-,20-/m1/s1. The normalized spacial score (nSPS) is 22.3. The molecule has 1 saturated carbocycles. The highest BCUT2D eigenvalue weighted by Crippen LogP contribution is 2.51. The van der Waals surface area contributed by atoms with Crippen LogP contribution in [0.4, 0.5) is 23.4 Å². The number of aromatic nitrogens is 4. The molecule has 0 aliphatic heterocycles. The minimum atomic E-state index is -4.55. The lowest BCUT2D eigenvalue weighted by Crippen LogP contribution is -2.50. The SMILES string of the molecule is CC[C@@]1(Oc2cc(F)c(S(=O)(=O)Nc3ccncn3)cc2F)CC(F)(F)CC[C@@H]1c1cn[nH]c1. The molecule has 0 spiro atoms. The van der Waals surface area contributed by atoms with E-state index in [1.165, 1.54) is 18.5 Å². The van der Waals surface area contributed by atoms with Gasteiger partial charge in [0.15, 0.2) is 11.6 Å². The molecular formula is C21H21F4N5O3S. The Morgan fingerprint density at radius 3 is 2.71 bits per heavy atom. The van der Waals surface area contributed by atoms with Gasteiger partial charge >= 0.3 is 0 Å². The minimum Gasteiger partial charge on any atom is -0.483 e. The van der Waals surface area contributed by atoms with E-state index >= 15 is 4.39 Å². The minimum absolute atomic E-state index is 0.0415. The molecule has 2 aromatic heterocycles. The third kappa shape index (κ3) is 4.69. The third-order valence-corrected chi connectivity index (χ3v) is 7.29. The van der Waals surface area contributed by atoms with E-state index < -0.39 is 62.6 Å². The van der Waals surface area contributed by atoms with Crippen molar-refractivity contribution in [3.63, 3.8) is 0 Å². The van der Waals surface area contributed by atoms with Crippen molar-refractivity contribution in [1.29, 1.82) is 0 Å². The molecule has 34 heavy (non-hydrogen) atoms. The molecule has 4 rings (SSSR count). The highest BCUT2D eigenvalue weighted by Gasteiger charge is 2.53. The summed E-state index contributed by atoms with van der Waals surface area (Å²) in [4.78, 5) is 6.34. The summed E-state index contributed by atoms with van der Waals surface area (Å²) in [6.45, 7) is 1.62. The Bertz CT molecular complexity index is 1260. The first-order chi connectivity index (χ1) is 16.1. The van der Waals surface area contributed by atoms with Crippen molar-refractivity contribution < 1.29 is 30.7 Å². The molecule has 182 valence electrons. The fourth-order valence-corrected chi connectivity index (χ4v) is 5.38. The molecule has 0 bridgehead atoms. The van der Waals surface area contributed by atoms with Crippen LogP contribution in [0.1, 0.15) is 44.1 Å². The van der Waals surface area contributed by atoms with E-state index in [1.807, 2.05) is 4.72 Å². The van der Waals surface area contributed by atoms with Crippen LogP contribution in [0.25, 0.3) is 0 Å². The number of alkyl halides is 2. The summed E-state index contributed by atoms with van der Waals surface area (Å²) in [7, 11) is -4.55. The van der Waals surface area contributed by atoms with Gasteiger partial charge in [0.2, 0.25) is 0 Å². The third-order valence-electron chi connectivity index (χ3n) is 5.92. The fraction of sp³-hybridized carbons (Fsp3) is 0.381. The van der Waals surface area contributed by atoms with Gasteiger partial charge in [0.1, 0.15) is 28.5 Å². The van der Waals surface area contributed by atoms with Crippen molar-refractivity contribution in [3.8, 4) is 5.75 Å². The molecule has 3 aromatic rings. The van der Waals surface area contributed by atoms with Gasteiger partial charge in [-0.2, -0.15) is 5.10 Å². The first kappa shape index (κ1) is 23.9. The van der Waals surface area contributed by atoms with Crippen molar-refractivity contribution in [1.82, 2.24) is 20.2 Å². The maximum absolute atomic E-state index is 15.0. The average molecular weight is 499 g/mol. The largest absolute Gasteiger partial charge is 0.483 e. The van der Waals surface area contributed by atoms with Crippen LogP contribution in [0.2, 0.25) is 0 Å². The Kier molecular flexibility index (Phi) is 6.23. The van der Waals surface area contributed by atoms with Crippen LogP contribution in [-0.4, -0.2) is 40.1 Å². The summed E-state index contributed by atoms with van der Waals surface area (Å²) >= 11 is 0. The number of rotatable bonds is 7. The Labute approximate surface area is 192 Å². The Balaban J connectivity index is 1.69. The lowest BCUT2D eigenvalue weighted by molar-refractivity contribution is -0.125. The van der Waals surface area contributed by atoms with Crippen molar-refractivity contribution >= 4 is 15.8 Å². The molecule has 13 heteroatoms. The Morgan fingerprint density at radius 2 is 2.06 bits per heavy atom.